The molecule has 1 aromatic carbocycles. The summed E-state index contributed by atoms with van der Waals surface area (Å²) in [4.78, 5) is 0. The van der Waals surface area contributed by atoms with Crippen LogP contribution in [-0.2, 0) is 13.0 Å². The summed E-state index contributed by atoms with van der Waals surface area (Å²) >= 11 is 0. The van der Waals surface area contributed by atoms with E-state index < -0.39 is 6.10 Å². The molecule has 5 heteroatoms. The van der Waals surface area contributed by atoms with Crippen LogP contribution in [0.25, 0.3) is 0 Å². The molecule has 114 valence electrons. The van der Waals surface area contributed by atoms with Gasteiger partial charge in [-0.3, -0.25) is 4.68 Å². The number of methoxy groups -OCH3 is 2. The third-order valence-electron chi connectivity index (χ3n) is 3.53. The zero-order valence-electron chi connectivity index (χ0n) is 13.0. The largest absolute Gasteiger partial charge is 0.493 e. The van der Waals surface area contributed by atoms with Gasteiger partial charge in [-0.2, -0.15) is 5.10 Å². The van der Waals surface area contributed by atoms with E-state index in [0.717, 1.165) is 29.9 Å². The molecule has 5 nitrogen and oxygen atoms in total. The molecule has 0 aliphatic heterocycles. The summed E-state index contributed by atoms with van der Waals surface area (Å²) in [7, 11) is 3.17. The van der Waals surface area contributed by atoms with E-state index >= 15 is 0 Å². The van der Waals surface area contributed by atoms with E-state index in [0.29, 0.717) is 11.5 Å². The maximum Gasteiger partial charge on any atom is 0.161 e. The van der Waals surface area contributed by atoms with Crippen molar-refractivity contribution in [3.63, 3.8) is 0 Å². The zero-order valence-corrected chi connectivity index (χ0v) is 13.0. The summed E-state index contributed by atoms with van der Waals surface area (Å²) in [5, 5.41) is 15.1. The SMILES string of the molecule is CCc1cc(C(O)c2ccc(OC)c(OC)c2)n(CC)n1. The van der Waals surface area contributed by atoms with Crippen molar-refractivity contribution in [2.45, 2.75) is 32.9 Å². The number of aryl methyl sites for hydroxylation is 2. The molecule has 0 bridgehead atoms. The van der Waals surface area contributed by atoms with Crippen LogP contribution >= 0.6 is 0 Å². The molecule has 1 aromatic heterocycles. The fourth-order valence-corrected chi connectivity index (χ4v) is 2.33. The Labute approximate surface area is 125 Å². The molecular weight excluding hydrogens is 268 g/mol. The monoisotopic (exact) mass is 290 g/mol. The molecule has 0 spiro atoms. The first-order valence-corrected chi connectivity index (χ1v) is 7.11. The zero-order chi connectivity index (χ0) is 15.4. The van der Waals surface area contributed by atoms with Crippen LogP contribution in [0.4, 0.5) is 0 Å². The fourth-order valence-electron chi connectivity index (χ4n) is 2.33. The molecule has 1 unspecified atom stereocenters. The molecule has 2 rings (SSSR count). The lowest BCUT2D eigenvalue weighted by Crippen LogP contribution is -2.09. The Morgan fingerprint density at radius 1 is 1.14 bits per heavy atom. The quantitative estimate of drug-likeness (QED) is 0.888. The predicted octanol–water partition coefficient (Wildman–Crippen LogP) is 2.56. The number of aromatic nitrogens is 2. The van der Waals surface area contributed by atoms with Crippen LogP contribution in [-0.4, -0.2) is 29.1 Å². The lowest BCUT2D eigenvalue weighted by Gasteiger charge is -2.15. The highest BCUT2D eigenvalue weighted by molar-refractivity contribution is 5.44. The molecule has 2 aromatic rings. The van der Waals surface area contributed by atoms with Crippen molar-refractivity contribution in [2.75, 3.05) is 14.2 Å². The van der Waals surface area contributed by atoms with Gasteiger partial charge in [0, 0.05) is 6.54 Å². The average Bonchev–Trinajstić information content (AvgIpc) is 2.96. The van der Waals surface area contributed by atoms with Crippen molar-refractivity contribution in [3.8, 4) is 11.5 Å². The van der Waals surface area contributed by atoms with Gasteiger partial charge in [0.05, 0.1) is 25.6 Å². The number of nitrogens with zero attached hydrogens (tertiary/aromatic N) is 2. The van der Waals surface area contributed by atoms with E-state index in [1.807, 2.05) is 23.7 Å². The topological polar surface area (TPSA) is 56.5 Å². The molecule has 0 aliphatic rings. The summed E-state index contributed by atoms with van der Waals surface area (Å²) in [6, 6.07) is 7.38. The summed E-state index contributed by atoms with van der Waals surface area (Å²) in [6.07, 6.45) is 0.108. The average molecular weight is 290 g/mol. The Hall–Kier alpha value is -2.01. The molecule has 0 fully saturated rings. The van der Waals surface area contributed by atoms with Gasteiger partial charge >= 0.3 is 0 Å². The predicted molar refractivity (Wildman–Crippen MR) is 80.9 cm³/mol. The Balaban J connectivity index is 2.39. The van der Waals surface area contributed by atoms with Crippen molar-refractivity contribution < 1.29 is 14.6 Å². The fraction of sp³-hybridized carbons (Fsp3) is 0.438. The molecule has 0 saturated heterocycles. The Morgan fingerprint density at radius 2 is 1.86 bits per heavy atom. The molecule has 0 amide bonds. The Morgan fingerprint density at radius 3 is 2.43 bits per heavy atom. The molecule has 0 aliphatic carbocycles. The van der Waals surface area contributed by atoms with E-state index in [2.05, 4.69) is 12.0 Å². The van der Waals surface area contributed by atoms with Gasteiger partial charge < -0.3 is 14.6 Å². The minimum absolute atomic E-state index is 0.604. The highest BCUT2D eigenvalue weighted by atomic mass is 16.5. The van der Waals surface area contributed by atoms with Crippen molar-refractivity contribution in [1.29, 1.82) is 0 Å². The third-order valence-corrected chi connectivity index (χ3v) is 3.53. The number of aliphatic hydroxyl groups excluding tert-OH is 1. The second kappa shape index (κ2) is 6.63. The van der Waals surface area contributed by atoms with Gasteiger partial charge in [0.1, 0.15) is 6.10 Å². The van der Waals surface area contributed by atoms with E-state index in [4.69, 9.17) is 9.47 Å². The number of rotatable bonds is 6. The Kier molecular flexibility index (Phi) is 4.85. The number of ether oxygens (including phenoxy) is 2. The molecule has 21 heavy (non-hydrogen) atoms. The summed E-state index contributed by atoms with van der Waals surface area (Å²) < 4.78 is 12.3. The highest BCUT2D eigenvalue weighted by Crippen LogP contribution is 2.32. The van der Waals surface area contributed by atoms with E-state index in [1.165, 1.54) is 0 Å². The maximum atomic E-state index is 10.6. The molecule has 1 atom stereocenters. The standard InChI is InChI=1S/C16H22N2O3/c1-5-12-10-13(18(6-2)17-12)16(19)11-7-8-14(20-3)15(9-11)21-4/h7-10,16,19H,5-6H2,1-4H3. The van der Waals surface area contributed by atoms with Gasteiger partial charge in [0.2, 0.25) is 0 Å². The Bertz CT molecular complexity index is 608. The van der Waals surface area contributed by atoms with Crippen molar-refractivity contribution in [2.24, 2.45) is 0 Å². The third kappa shape index (κ3) is 3.03. The van der Waals surface area contributed by atoms with Crippen LogP contribution in [0.2, 0.25) is 0 Å². The van der Waals surface area contributed by atoms with Gasteiger partial charge in [-0.1, -0.05) is 13.0 Å². The summed E-state index contributed by atoms with van der Waals surface area (Å²) in [5.74, 6) is 1.25. The van der Waals surface area contributed by atoms with Crippen molar-refractivity contribution in [3.05, 3.63) is 41.2 Å². The van der Waals surface area contributed by atoms with Crippen molar-refractivity contribution >= 4 is 0 Å². The van der Waals surface area contributed by atoms with Crippen LogP contribution in [0.1, 0.15) is 36.9 Å². The highest BCUT2D eigenvalue weighted by Gasteiger charge is 2.18. The lowest BCUT2D eigenvalue weighted by atomic mass is 10.1. The van der Waals surface area contributed by atoms with Gasteiger partial charge in [-0.15, -0.1) is 0 Å². The van der Waals surface area contributed by atoms with E-state index in [-0.39, 0.29) is 0 Å². The first-order valence-electron chi connectivity index (χ1n) is 7.11. The second-order valence-electron chi connectivity index (χ2n) is 4.75. The first kappa shape index (κ1) is 15.4. The lowest BCUT2D eigenvalue weighted by molar-refractivity contribution is 0.207. The van der Waals surface area contributed by atoms with Crippen LogP contribution in [0.3, 0.4) is 0 Å². The van der Waals surface area contributed by atoms with E-state index in [1.54, 1.807) is 26.4 Å². The molecule has 1 N–H and O–H groups in total. The van der Waals surface area contributed by atoms with Gasteiger partial charge in [0.25, 0.3) is 0 Å². The normalized spacial score (nSPS) is 12.2. The minimum atomic E-state index is -0.738. The smallest absolute Gasteiger partial charge is 0.161 e. The van der Waals surface area contributed by atoms with Gasteiger partial charge in [0.15, 0.2) is 11.5 Å². The number of hydrogen-bond donors (Lipinski definition) is 1. The first-order chi connectivity index (χ1) is 10.1. The number of hydrogen-bond acceptors (Lipinski definition) is 4. The number of aliphatic hydroxyl groups is 1. The molecular formula is C16H22N2O3. The number of benzene rings is 1. The second-order valence-corrected chi connectivity index (χ2v) is 4.75. The van der Waals surface area contributed by atoms with Crippen LogP contribution in [0.5, 0.6) is 11.5 Å². The molecule has 0 saturated carbocycles. The molecule has 1 heterocycles. The van der Waals surface area contributed by atoms with Crippen LogP contribution < -0.4 is 9.47 Å². The summed E-state index contributed by atoms with van der Waals surface area (Å²) in [5.41, 5.74) is 2.53. The van der Waals surface area contributed by atoms with Crippen molar-refractivity contribution in [1.82, 2.24) is 9.78 Å². The summed E-state index contributed by atoms with van der Waals surface area (Å²) in [6.45, 7) is 4.78. The minimum Gasteiger partial charge on any atom is -0.493 e. The van der Waals surface area contributed by atoms with Gasteiger partial charge in [-0.25, -0.2) is 0 Å². The molecule has 0 radical (unpaired) electrons. The van der Waals surface area contributed by atoms with Gasteiger partial charge in [-0.05, 0) is 37.1 Å². The van der Waals surface area contributed by atoms with Crippen LogP contribution in [0.15, 0.2) is 24.3 Å². The van der Waals surface area contributed by atoms with Crippen LogP contribution in [0, 0.1) is 0 Å². The van der Waals surface area contributed by atoms with E-state index in [9.17, 15) is 5.11 Å². The maximum absolute atomic E-state index is 10.6.